The van der Waals surface area contributed by atoms with E-state index in [1.165, 1.54) is 122 Å². The minimum Gasteiger partial charge on any atom is -0.462 e. The smallest absolute Gasteiger partial charge is 0.306 e. The van der Waals surface area contributed by atoms with Crippen molar-refractivity contribution in [2.45, 2.75) is 271 Å². The highest BCUT2D eigenvalue weighted by Gasteiger charge is 2.19. The quantitative estimate of drug-likeness (QED) is 0.0262. The van der Waals surface area contributed by atoms with Gasteiger partial charge in [0.1, 0.15) is 13.2 Å². The van der Waals surface area contributed by atoms with Crippen molar-refractivity contribution < 1.29 is 28.6 Å². The molecular weight excluding hydrogens is 805 g/mol. The third kappa shape index (κ3) is 51.7. The molecule has 0 spiro atoms. The van der Waals surface area contributed by atoms with Crippen molar-refractivity contribution >= 4 is 17.9 Å². The lowest BCUT2D eigenvalue weighted by molar-refractivity contribution is -0.167. The molecule has 0 aromatic heterocycles. The summed E-state index contributed by atoms with van der Waals surface area (Å²) in [6.07, 6.45) is 67.5. The van der Waals surface area contributed by atoms with Crippen LogP contribution >= 0.6 is 0 Å². The van der Waals surface area contributed by atoms with Gasteiger partial charge in [0, 0.05) is 19.3 Å². The monoisotopic (exact) mass is 907 g/mol. The maximum atomic E-state index is 12.8. The molecule has 0 N–H and O–H groups in total. The lowest BCUT2D eigenvalue weighted by Gasteiger charge is -2.18. The molecule has 0 aliphatic carbocycles. The van der Waals surface area contributed by atoms with Gasteiger partial charge in [-0.3, -0.25) is 14.4 Å². The molecule has 6 heteroatoms. The van der Waals surface area contributed by atoms with Gasteiger partial charge < -0.3 is 14.2 Å². The van der Waals surface area contributed by atoms with Crippen molar-refractivity contribution in [2.24, 2.45) is 0 Å². The third-order valence-electron chi connectivity index (χ3n) is 11.7. The first-order valence-corrected chi connectivity index (χ1v) is 27.4. The van der Waals surface area contributed by atoms with E-state index in [1.54, 1.807) is 0 Å². The summed E-state index contributed by atoms with van der Waals surface area (Å²) in [4.78, 5) is 38.0. The van der Waals surface area contributed by atoms with Crippen LogP contribution in [-0.4, -0.2) is 37.2 Å². The first kappa shape index (κ1) is 61.9. The Hall–Kier alpha value is -3.15. The Balaban J connectivity index is 4.40. The minimum atomic E-state index is -0.794. The summed E-state index contributed by atoms with van der Waals surface area (Å²) < 4.78 is 16.8. The maximum Gasteiger partial charge on any atom is 0.306 e. The van der Waals surface area contributed by atoms with Gasteiger partial charge in [-0.2, -0.15) is 0 Å². The van der Waals surface area contributed by atoms with E-state index in [0.29, 0.717) is 12.8 Å². The van der Waals surface area contributed by atoms with E-state index in [4.69, 9.17) is 14.2 Å². The Labute approximate surface area is 402 Å². The van der Waals surface area contributed by atoms with Gasteiger partial charge in [-0.1, -0.05) is 235 Å². The second kappa shape index (κ2) is 53.5. The molecule has 0 saturated carbocycles. The van der Waals surface area contributed by atoms with Gasteiger partial charge in [0.15, 0.2) is 6.10 Å². The van der Waals surface area contributed by atoms with Crippen LogP contribution in [0.3, 0.4) is 0 Å². The summed E-state index contributed by atoms with van der Waals surface area (Å²) in [5.41, 5.74) is 0. The Kier molecular flexibility index (Phi) is 50.9. The molecule has 6 nitrogen and oxygen atoms in total. The van der Waals surface area contributed by atoms with E-state index >= 15 is 0 Å². The van der Waals surface area contributed by atoms with Gasteiger partial charge >= 0.3 is 17.9 Å². The van der Waals surface area contributed by atoms with Crippen LogP contribution < -0.4 is 0 Å². The molecule has 0 aliphatic heterocycles. The second-order valence-corrected chi connectivity index (χ2v) is 18.1. The van der Waals surface area contributed by atoms with Crippen molar-refractivity contribution in [1.82, 2.24) is 0 Å². The van der Waals surface area contributed by atoms with E-state index in [0.717, 1.165) is 103 Å². The van der Waals surface area contributed by atoms with Crippen LogP contribution in [0.25, 0.3) is 0 Å². The second-order valence-electron chi connectivity index (χ2n) is 18.1. The fourth-order valence-corrected chi connectivity index (χ4v) is 7.57. The summed E-state index contributed by atoms with van der Waals surface area (Å²) in [5, 5.41) is 0. The highest BCUT2D eigenvalue weighted by atomic mass is 16.6. The predicted octanol–water partition coefficient (Wildman–Crippen LogP) is 18.2. The van der Waals surface area contributed by atoms with Gasteiger partial charge in [0.05, 0.1) is 0 Å². The van der Waals surface area contributed by atoms with Gasteiger partial charge in [-0.05, 0) is 83.5 Å². The van der Waals surface area contributed by atoms with E-state index in [2.05, 4.69) is 93.7 Å². The van der Waals surface area contributed by atoms with Crippen molar-refractivity contribution in [1.29, 1.82) is 0 Å². The molecule has 0 radical (unpaired) electrons. The van der Waals surface area contributed by atoms with Gasteiger partial charge in [-0.15, -0.1) is 0 Å². The molecule has 0 amide bonds. The van der Waals surface area contributed by atoms with E-state index < -0.39 is 6.10 Å². The molecule has 0 heterocycles. The van der Waals surface area contributed by atoms with E-state index in [1.807, 2.05) is 0 Å². The van der Waals surface area contributed by atoms with Crippen LogP contribution in [0.4, 0.5) is 0 Å². The zero-order chi connectivity index (χ0) is 47.2. The molecule has 0 aliphatic rings. The van der Waals surface area contributed by atoms with E-state index in [-0.39, 0.29) is 37.5 Å². The Morgan fingerprint density at radius 1 is 0.323 bits per heavy atom. The lowest BCUT2D eigenvalue weighted by Crippen LogP contribution is -2.30. The van der Waals surface area contributed by atoms with Gasteiger partial charge in [0.25, 0.3) is 0 Å². The van der Waals surface area contributed by atoms with Gasteiger partial charge in [0.2, 0.25) is 0 Å². The number of hydrogen-bond donors (Lipinski definition) is 0. The van der Waals surface area contributed by atoms with Crippen LogP contribution in [0.15, 0.2) is 72.9 Å². The molecule has 0 aromatic carbocycles. The molecule has 65 heavy (non-hydrogen) atoms. The van der Waals surface area contributed by atoms with Crippen molar-refractivity contribution in [3.8, 4) is 0 Å². The van der Waals surface area contributed by atoms with Crippen molar-refractivity contribution in [2.75, 3.05) is 13.2 Å². The average Bonchev–Trinajstić information content (AvgIpc) is 3.30. The first-order valence-electron chi connectivity index (χ1n) is 27.4. The van der Waals surface area contributed by atoms with Crippen LogP contribution in [0.2, 0.25) is 0 Å². The number of esters is 3. The summed E-state index contributed by atoms with van der Waals surface area (Å²) in [7, 11) is 0. The third-order valence-corrected chi connectivity index (χ3v) is 11.7. The number of unbranched alkanes of at least 4 members (excludes halogenated alkanes) is 26. The molecule has 0 bridgehead atoms. The fraction of sp³-hybridized carbons (Fsp3) is 0.746. The molecule has 0 fully saturated rings. The van der Waals surface area contributed by atoms with Gasteiger partial charge in [-0.25, -0.2) is 0 Å². The number of carbonyl (C=O) groups excluding carboxylic acids is 3. The molecule has 1 atom stereocenters. The number of carbonyl (C=O) groups is 3. The van der Waals surface area contributed by atoms with Crippen LogP contribution in [0.5, 0.6) is 0 Å². The summed E-state index contributed by atoms with van der Waals surface area (Å²) in [5.74, 6) is -0.926. The van der Waals surface area contributed by atoms with Crippen LogP contribution in [-0.2, 0) is 28.6 Å². The highest BCUT2D eigenvalue weighted by Crippen LogP contribution is 2.16. The topological polar surface area (TPSA) is 78.9 Å². The SMILES string of the molecule is CC/C=C\C/C=C\C/C=C\C/C=C\C/C=C\CCCCCC(=O)O[C@H](COC(=O)CCCCCCC/C=C\CCCC)COC(=O)CCCCCCCCCCCCCCCCCCC. The number of ether oxygens (including phenoxy) is 3. The standard InChI is InChI=1S/C59H102O6/c1-4-7-10-13-16-19-22-24-26-28-29-31-33-35-38-41-44-47-50-53-59(62)65-56(54-63-57(60)51-48-45-42-39-36-21-18-15-12-9-6-3)55-64-58(61)52-49-46-43-40-37-34-32-30-27-25-23-20-17-14-11-8-5-2/h7,10,15-16,18-19,24,26,29,31,35,38,56H,4-6,8-9,11-14,17,20-23,25,27-28,30,32-34,36-37,39-55H2,1-3H3/b10-7-,18-15-,19-16-,26-24-,31-29-,38-35-/t56-/m1/s1. The predicted molar refractivity (Wildman–Crippen MR) is 279 cm³/mol. The largest absolute Gasteiger partial charge is 0.462 e. The Morgan fingerprint density at radius 3 is 1.02 bits per heavy atom. The Bertz CT molecular complexity index is 1230. The number of allylic oxidation sites excluding steroid dienone is 12. The normalized spacial score (nSPS) is 12.6. The zero-order valence-corrected chi connectivity index (χ0v) is 42.7. The van der Waals surface area contributed by atoms with E-state index in [9.17, 15) is 14.4 Å². The zero-order valence-electron chi connectivity index (χ0n) is 42.7. The molecular formula is C59H102O6. The highest BCUT2D eigenvalue weighted by molar-refractivity contribution is 5.71. The van der Waals surface area contributed by atoms with Crippen LogP contribution in [0, 0.1) is 0 Å². The van der Waals surface area contributed by atoms with Crippen LogP contribution in [0.1, 0.15) is 265 Å². The summed E-state index contributed by atoms with van der Waals surface area (Å²) in [6.45, 7) is 6.47. The maximum absolute atomic E-state index is 12.8. The average molecular weight is 907 g/mol. The minimum absolute atomic E-state index is 0.0895. The number of hydrogen-bond acceptors (Lipinski definition) is 6. The van der Waals surface area contributed by atoms with Crippen molar-refractivity contribution in [3.63, 3.8) is 0 Å². The molecule has 374 valence electrons. The lowest BCUT2D eigenvalue weighted by atomic mass is 10.0. The first-order chi connectivity index (χ1) is 32.0. The molecule has 0 aromatic rings. The summed E-state index contributed by atoms with van der Waals surface area (Å²) in [6, 6.07) is 0. The molecule has 0 saturated heterocycles. The van der Waals surface area contributed by atoms with Crippen molar-refractivity contribution in [3.05, 3.63) is 72.9 Å². The Morgan fingerprint density at radius 2 is 0.615 bits per heavy atom. The molecule has 0 rings (SSSR count). The summed E-state index contributed by atoms with van der Waals surface area (Å²) >= 11 is 0. The number of rotatable bonds is 49. The fourth-order valence-electron chi connectivity index (χ4n) is 7.57. The molecule has 0 unspecified atom stereocenters.